The summed E-state index contributed by atoms with van der Waals surface area (Å²) in [4.78, 5) is 31.4. The number of carbonyl (C=O) groups excluding carboxylic acids is 2. The Morgan fingerprint density at radius 1 is 1.33 bits per heavy atom. The molecule has 2 heterocycles. The number of aryl methyl sites for hydroxylation is 1. The Bertz CT molecular complexity index is 992. The fourth-order valence-electron chi connectivity index (χ4n) is 4.78. The fraction of sp³-hybridized carbons (Fsp3) is 0.524. The highest BCUT2D eigenvalue weighted by molar-refractivity contribution is 5.94. The van der Waals surface area contributed by atoms with Gasteiger partial charge in [-0.05, 0) is 37.8 Å². The van der Waals surface area contributed by atoms with Crippen molar-refractivity contribution in [1.29, 1.82) is 0 Å². The van der Waals surface area contributed by atoms with Crippen LogP contribution in [0.3, 0.4) is 0 Å². The van der Waals surface area contributed by atoms with Crippen LogP contribution in [0.4, 0.5) is 8.78 Å². The largest absolute Gasteiger partial charge is 0.349 e. The summed E-state index contributed by atoms with van der Waals surface area (Å²) in [7, 11) is 0. The summed E-state index contributed by atoms with van der Waals surface area (Å²) in [5, 5.41) is 6.77. The van der Waals surface area contributed by atoms with E-state index in [2.05, 4.69) is 15.5 Å². The maximum Gasteiger partial charge on any atom is 0.254 e. The molecule has 1 aliphatic carbocycles. The second-order valence-corrected chi connectivity index (χ2v) is 8.61. The summed E-state index contributed by atoms with van der Waals surface area (Å²) in [5.74, 6) is -1.28. The second-order valence-electron chi connectivity index (χ2n) is 8.61. The molecule has 1 aromatic carbocycles. The van der Waals surface area contributed by atoms with Crippen molar-refractivity contribution >= 4 is 11.8 Å². The van der Waals surface area contributed by atoms with Crippen LogP contribution < -0.4 is 5.32 Å². The number of benzene rings is 1. The van der Waals surface area contributed by atoms with E-state index in [0.717, 1.165) is 12.1 Å². The summed E-state index contributed by atoms with van der Waals surface area (Å²) < 4.78 is 32.6. The van der Waals surface area contributed by atoms with Crippen LogP contribution in [0.2, 0.25) is 0 Å². The Morgan fingerprint density at radius 3 is 2.73 bits per heavy atom. The number of nitrogens with zero attached hydrogens (tertiary/aromatic N) is 3. The molecule has 7 nitrogen and oxygen atoms in total. The van der Waals surface area contributed by atoms with Gasteiger partial charge in [-0.1, -0.05) is 19.0 Å². The summed E-state index contributed by atoms with van der Waals surface area (Å²) >= 11 is 0. The maximum absolute atomic E-state index is 14.0. The molecule has 2 amide bonds. The van der Waals surface area contributed by atoms with Crippen LogP contribution in [-0.4, -0.2) is 46.0 Å². The topological polar surface area (TPSA) is 88.3 Å². The van der Waals surface area contributed by atoms with Crippen molar-refractivity contribution in [3.05, 3.63) is 47.1 Å². The molecular formula is C21H24F2N4O3. The third kappa shape index (κ3) is 3.46. The number of hydrogen-bond donors (Lipinski definition) is 1. The number of carbonyl (C=O) groups is 2. The Kier molecular flexibility index (Phi) is 5.07. The number of aromatic nitrogens is 2. The number of halogens is 2. The van der Waals surface area contributed by atoms with Gasteiger partial charge < -0.3 is 14.7 Å². The molecule has 0 spiro atoms. The van der Waals surface area contributed by atoms with Crippen LogP contribution in [0.15, 0.2) is 22.7 Å². The lowest BCUT2D eigenvalue weighted by atomic mass is 9.80. The summed E-state index contributed by atoms with van der Waals surface area (Å²) in [6.45, 7) is 6.43. The summed E-state index contributed by atoms with van der Waals surface area (Å²) in [5.41, 5.74) is -0.752. The highest BCUT2D eigenvalue weighted by atomic mass is 19.1. The van der Waals surface area contributed by atoms with Crippen molar-refractivity contribution in [3.63, 3.8) is 0 Å². The molecule has 1 aliphatic heterocycles. The number of amides is 2. The first-order valence-corrected chi connectivity index (χ1v) is 10.0. The zero-order chi connectivity index (χ0) is 21.6. The van der Waals surface area contributed by atoms with Gasteiger partial charge in [0.2, 0.25) is 11.8 Å². The Hall–Kier alpha value is -2.84. The molecule has 3 atom stereocenters. The third-order valence-electron chi connectivity index (χ3n) is 6.14. The van der Waals surface area contributed by atoms with Crippen LogP contribution in [-0.2, 0) is 10.2 Å². The number of rotatable bonds is 4. The average molecular weight is 418 g/mol. The lowest BCUT2D eigenvalue weighted by molar-refractivity contribution is -0.133. The molecule has 4 rings (SSSR count). The number of likely N-dealkylation sites (tertiary alicyclic amines) is 1. The van der Waals surface area contributed by atoms with Gasteiger partial charge in [0.25, 0.3) is 5.91 Å². The monoisotopic (exact) mass is 418 g/mol. The van der Waals surface area contributed by atoms with E-state index in [4.69, 9.17) is 4.52 Å². The van der Waals surface area contributed by atoms with E-state index in [0.29, 0.717) is 43.7 Å². The van der Waals surface area contributed by atoms with Gasteiger partial charge in [-0.2, -0.15) is 4.98 Å². The van der Waals surface area contributed by atoms with Crippen LogP contribution in [0.1, 0.15) is 48.8 Å². The predicted molar refractivity (Wildman–Crippen MR) is 102 cm³/mol. The Morgan fingerprint density at radius 2 is 2.10 bits per heavy atom. The SMILES string of the molecule is Cc1noc(C23CC(NC(=O)c4ccc(F)cc4F)CC2CN(C(=O)C(C)C)C3)n1. The van der Waals surface area contributed by atoms with Crippen molar-refractivity contribution in [2.75, 3.05) is 13.1 Å². The standard InChI is InChI=1S/C21H24F2N4O3/c1-11(2)19(29)27-9-13-6-15(8-21(13,10-27)20-24-12(3)26-30-20)25-18(28)16-5-4-14(22)7-17(16)23/h4-5,7,11,13,15H,6,8-10H2,1-3H3,(H,25,28). The predicted octanol–water partition coefficient (Wildman–Crippen LogP) is 2.60. The second kappa shape index (κ2) is 7.45. The van der Waals surface area contributed by atoms with Crippen molar-refractivity contribution in [3.8, 4) is 0 Å². The van der Waals surface area contributed by atoms with Gasteiger partial charge >= 0.3 is 0 Å². The minimum absolute atomic E-state index is 0.0309. The molecule has 1 N–H and O–H groups in total. The zero-order valence-corrected chi connectivity index (χ0v) is 17.1. The number of nitrogens with one attached hydrogen (secondary N) is 1. The molecule has 9 heteroatoms. The number of fused-ring (bicyclic) bond motifs is 1. The normalized spacial score (nSPS) is 25.6. The molecule has 0 radical (unpaired) electrons. The first kappa shape index (κ1) is 20.4. The molecule has 30 heavy (non-hydrogen) atoms. The maximum atomic E-state index is 14.0. The number of hydrogen-bond acceptors (Lipinski definition) is 5. The molecule has 0 bridgehead atoms. The minimum atomic E-state index is -0.901. The molecule has 160 valence electrons. The Balaban J connectivity index is 1.56. The van der Waals surface area contributed by atoms with E-state index in [1.165, 1.54) is 0 Å². The van der Waals surface area contributed by atoms with E-state index >= 15 is 0 Å². The van der Waals surface area contributed by atoms with Gasteiger partial charge in [0.05, 0.1) is 11.0 Å². The van der Waals surface area contributed by atoms with E-state index in [9.17, 15) is 18.4 Å². The van der Waals surface area contributed by atoms with Gasteiger partial charge in [0, 0.05) is 31.1 Å². The quantitative estimate of drug-likeness (QED) is 0.825. The van der Waals surface area contributed by atoms with E-state index in [1.54, 1.807) is 6.92 Å². The van der Waals surface area contributed by atoms with Gasteiger partial charge in [-0.15, -0.1) is 0 Å². The molecule has 2 aromatic rings. The molecule has 2 aliphatic rings. The van der Waals surface area contributed by atoms with Gasteiger partial charge in [-0.25, -0.2) is 8.78 Å². The van der Waals surface area contributed by atoms with Gasteiger partial charge in [-0.3, -0.25) is 9.59 Å². The third-order valence-corrected chi connectivity index (χ3v) is 6.14. The van der Waals surface area contributed by atoms with E-state index in [1.807, 2.05) is 18.7 Å². The lowest BCUT2D eigenvalue weighted by Gasteiger charge is -2.26. The first-order valence-electron chi connectivity index (χ1n) is 10.0. The lowest BCUT2D eigenvalue weighted by Crippen LogP contribution is -2.40. The summed E-state index contributed by atoms with van der Waals surface area (Å²) in [6.07, 6.45) is 1.09. The van der Waals surface area contributed by atoms with Crippen LogP contribution in [0.25, 0.3) is 0 Å². The minimum Gasteiger partial charge on any atom is -0.349 e. The average Bonchev–Trinajstić information content (AvgIpc) is 3.33. The van der Waals surface area contributed by atoms with Gasteiger partial charge in [0.1, 0.15) is 11.6 Å². The molecule has 1 saturated heterocycles. The molecular weight excluding hydrogens is 394 g/mol. The summed E-state index contributed by atoms with van der Waals surface area (Å²) in [6, 6.07) is 2.63. The zero-order valence-electron chi connectivity index (χ0n) is 17.1. The highest BCUT2D eigenvalue weighted by Crippen LogP contribution is 2.50. The van der Waals surface area contributed by atoms with E-state index in [-0.39, 0.29) is 29.3 Å². The van der Waals surface area contributed by atoms with E-state index < -0.39 is 23.0 Å². The smallest absolute Gasteiger partial charge is 0.254 e. The molecule has 1 saturated carbocycles. The fourth-order valence-corrected chi connectivity index (χ4v) is 4.78. The highest BCUT2D eigenvalue weighted by Gasteiger charge is 2.58. The van der Waals surface area contributed by atoms with Crippen molar-refractivity contribution in [2.24, 2.45) is 11.8 Å². The van der Waals surface area contributed by atoms with Crippen LogP contribution >= 0.6 is 0 Å². The van der Waals surface area contributed by atoms with Crippen LogP contribution in [0, 0.1) is 30.4 Å². The van der Waals surface area contributed by atoms with Crippen LogP contribution in [0.5, 0.6) is 0 Å². The Labute approximate surface area is 172 Å². The molecule has 1 aromatic heterocycles. The first-order chi connectivity index (χ1) is 14.2. The van der Waals surface area contributed by atoms with Crippen molar-refractivity contribution < 1.29 is 22.9 Å². The van der Waals surface area contributed by atoms with Crippen molar-refractivity contribution in [2.45, 2.75) is 45.1 Å². The van der Waals surface area contributed by atoms with Crippen molar-refractivity contribution in [1.82, 2.24) is 20.4 Å². The molecule has 3 unspecified atom stereocenters. The van der Waals surface area contributed by atoms with Gasteiger partial charge in [0.15, 0.2) is 5.82 Å². The molecule has 2 fully saturated rings.